The molecule has 0 aromatic rings. The zero-order chi connectivity index (χ0) is 11.3. The number of rotatable bonds is 5. The fourth-order valence-corrected chi connectivity index (χ4v) is 1.51. The Morgan fingerprint density at radius 1 is 1.29 bits per heavy atom. The first-order valence-electron chi connectivity index (χ1n) is 5.35. The van der Waals surface area contributed by atoms with Crippen molar-refractivity contribution in [3.05, 3.63) is 0 Å². The van der Waals surface area contributed by atoms with Gasteiger partial charge in [0.25, 0.3) is 0 Å². The van der Waals surface area contributed by atoms with Crippen LogP contribution in [0.3, 0.4) is 0 Å². The summed E-state index contributed by atoms with van der Waals surface area (Å²) in [5.74, 6) is 0.767. The Morgan fingerprint density at radius 2 is 1.79 bits per heavy atom. The molecule has 0 saturated carbocycles. The van der Waals surface area contributed by atoms with Crippen molar-refractivity contribution in [1.82, 2.24) is 4.90 Å². The second kappa shape index (κ2) is 6.02. The molecular weight excluding hydrogens is 176 g/mol. The van der Waals surface area contributed by atoms with Gasteiger partial charge in [0, 0.05) is 25.6 Å². The van der Waals surface area contributed by atoms with E-state index in [0.717, 1.165) is 6.42 Å². The Hall–Kier alpha value is -0.570. The van der Waals surface area contributed by atoms with Gasteiger partial charge in [-0.1, -0.05) is 13.8 Å². The molecule has 0 radical (unpaired) electrons. The van der Waals surface area contributed by atoms with Crippen molar-refractivity contribution in [2.75, 3.05) is 7.05 Å². The second-order valence-electron chi connectivity index (χ2n) is 4.66. The maximum Gasteiger partial charge on any atom is 0.224 e. The van der Waals surface area contributed by atoms with E-state index < -0.39 is 0 Å². The summed E-state index contributed by atoms with van der Waals surface area (Å²) in [5, 5.41) is 0. The molecule has 0 aromatic heterocycles. The molecule has 2 N–H and O–H groups in total. The number of carbonyl (C=O) groups is 1. The van der Waals surface area contributed by atoms with Crippen LogP contribution >= 0.6 is 0 Å². The number of hydrogen-bond donors (Lipinski definition) is 1. The Kier molecular flexibility index (Phi) is 5.77. The summed E-state index contributed by atoms with van der Waals surface area (Å²) in [6, 6.07) is 0.262. The predicted octanol–water partition coefficient (Wildman–Crippen LogP) is 1.62. The lowest BCUT2D eigenvalue weighted by Gasteiger charge is -2.27. The Morgan fingerprint density at radius 3 is 2.14 bits per heavy atom. The van der Waals surface area contributed by atoms with Gasteiger partial charge >= 0.3 is 0 Å². The van der Waals surface area contributed by atoms with Crippen molar-refractivity contribution < 1.29 is 4.79 Å². The van der Waals surface area contributed by atoms with Gasteiger partial charge in [0.05, 0.1) is 0 Å². The molecule has 84 valence electrons. The highest BCUT2D eigenvalue weighted by Gasteiger charge is 2.17. The van der Waals surface area contributed by atoms with Gasteiger partial charge in [-0.05, 0) is 26.2 Å². The molecule has 0 heterocycles. The van der Waals surface area contributed by atoms with Gasteiger partial charge in [-0.2, -0.15) is 0 Å². The monoisotopic (exact) mass is 200 g/mol. The van der Waals surface area contributed by atoms with Crippen molar-refractivity contribution in [1.29, 1.82) is 0 Å². The SMILES string of the molecule is CC(C)CC(C)N(C)C(=O)CC(C)N. The third-order valence-corrected chi connectivity index (χ3v) is 2.36. The van der Waals surface area contributed by atoms with Gasteiger partial charge in [0.2, 0.25) is 5.91 Å². The van der Waals surface area contributed by atoms with Gasteiger partial charge in [-0.3, -0.25) is 4.79 Å². The van der Waals surface area contributed by atoms with E-state index in [4.69, 9.17) is 5.73 Å². The largest absolute Gasteiger partial charge is 0.343 e. The van der Waals surface area contributed by atoms with Crippen LogP contribution in [0.1, 0.15) is 40.5 Å². The standard InChI is InChI=1S/C11H24N2O/c1-8(2)6-10(4)13(5)11(14)7-9(3)12/h8-10H,6-7,12H2,1-5H3. The lowest BCUT2D eigenvalue weighted by Crippen LogP contribution is -2.38. The van der Waals surface area contributed by atoms with E-state index in [-0.39, 0.29) is 11.9 Å². The molecule has 3 nitrogen and oxygen atoms in total. The van der Waals surface area contributed by atoms with E-state index in [1.165, 1.54) is 0 Å². The zero-order valence-corrected chi connectivity index (χ0v) is 10.1. The van der Waals surface area contributed by atoms with E-state index in [9.17, 15) is 4.79 Å². The molecule has 0 aliphatic rings. The summed E-state index contributed by atoms with van der Waals surface area (Å²) in [7, 11) is 1.86. The highest BCUT2D eigenvalue weighted by atomic mass is 16.2. The normalized spacial score (nSPS) is 15.4. The fraction of sp³-hybridized carbons (Fsp3) is 0.909. The summed E-state index contributed by atoms with van der Waals surface area (Å²) in [4.78, 5) is 13.4. The summed E-state index contributed by atoms with van der Waals surface area (Å²) in [6.45, 7) is 8.28. The van der Waals surface area contributed by atoms with Gasteiger partial charge in [0.15, 0.2) is 0 Å². The van der Waals surface area contributed by atoms with Crippen LogP contribution in [0.25, 0.3) is 0 Å². The quantitative estimate of drug-likeness (QED) is 0.733. The number of amides is 1. The Bertz CT molecular complexity index is 178. The van der Waals surface area contributed by atoms with E-state index in [2.05, 4.69) is 20.8 Å². The Labute approximate surface area is 87.6 Å². The fourth-order valence-electron chi connectivity index (χ4n) is 1.51. The first-order chi connectivity index (χ1) is 6.34. The lowest BCUT2D eigenvalue weighted by molar-refractivity contribution is -0.132. The number of nitrogens with two attached hydrogens (primary N) is 1. The maximum atomic E-state index is 11.6. The van der Waals surface area contributed by atoms with Crippen molar-refractivity contribution in [2.45, 2.75) is 52.6 Å². The number of hydrogen-bond acceptors (Lipinski definition) is 2. The minimum Gasteiger partial charge on any atom is -0.343 e. The van der Waals surface area contributed by atoms with Crippen molar-refractivity contribution in [3.8, 4) is 0 Å². The van der Waals surface area contributed by atoms with Crippen molar-refractivity contribution in [3.63, 3.8) is 0 Å². The van der Waals surface area contributed by atoms with Crippen molar-refractivity contribution >= 4 is 5.91 Å². The van der Waals surface area contributed by atoms with E-state index in [1.807, 2.05) is 18.9 Å². The maximum absolute atomic E-state index is 11.6. The van der Waals surface area contributed by atoms with Gasteiger partial charge in [0.1, 0.15) is 0 Å². The second-order valence-corrected chi connectivity index (χ2v) is 4.66. The van der Waals surface area contributed by atoms with E-state index >= 15 is 0 Å². The van der Waals surface area contributed by atoms with Crippen LogP contribution in [-0.2, 0) is 4.79 Å². The first-order valence-corrected chi connectivity index (χ1v) is 5.35. The van der Waals surface area contributed by atoms with Crippen LogP contribution in [0.4, 0.5) is 0 Å². The smallest absolute Gasteiger partial charge is 0.224 e. The summed E-state index contributed by atoms with van der Waals surface area (Å²) >= 11 is 0. The molecule has 3 heteroatoms. The topological polar surface area (TPSA) is 46.3 Å². The molecule has 1 amide bonds. The highest BCUT2D eigenvalue weighted by Crippen LogP contribution is 2.10. The molecule has 2 atom stereocenters. The van der Waals surface area contributed by atoms with E-state index in [0.29, 0.717) is 18.4 Å². The summed E-state index contributed by atoms with van der Waals surface area (Å²) < 4.78 is 0. The highest BCUT2D eigenvalue weighted by molar-refractivity contribution is 5.76. The minimum absolute atomic E-state index is 0.0452. The average molecular weight is 200 g/mol. The molecule has 2 unspecified atom stereocenters. The van der Waals surface area contributed by atoms with E-state index in [1.54, 1.807) is 0 Å². The molecule has 0 rings (SSSR count). The molecule has 14 heavy (non-hydrogen) atoms. The molecular formula is C11H24N2O. The van der Waals surface area contributed by atoms with Gasteiger partial charge in [-0.25, -0.2) is 0 Å². The third-order valence-electron chi connectivity index (χ3n) is 2.36. The van der Waals surface area contributed by atoms with Crippen LogP contribution < -0.4 is 5.73 Å². The van der Waals surface area contributed by atoms with Crippen LogP contribution in [-0.4, -0.2) is 29.9 Å². The molecule has 0 bridgehead atoms. The van der Waals surface area contributed by atoms with Crippen LogP contribution in [0.15, 0.2) is 0 Å². The van der Waals surface area contributed by atoms with Crippen molar-refractivity contribution in [2.24, 2.45) is 11.7 Å². The molecule has 0 saturated heterocycles. The molecule has 0 fully saturated rings. The predicted molar refractivity (Wildman–Crippen MR) is 60.0 cm³/mol. The number of carbonyl (C=O) groups excluding carboxylic acids is 1. The molecule has 0 spiro atoms. The molecule has 0 aliphatic heterocycles. The van der Waals surface area contributed by atoms with Gasteiger partial charge < -0.3 is 10.6 Å². The minimum atomic E-state index is -0.0452. The number of nitrogens with zero attached hydrogens (tertiary/aromatic N) is 1. The van der Waals surface area contributed by atoms with Crippen LogP contribution in [0, 0.1) is 5.92 Å². The molecule has 0 aliphatic carbocycles. The first kappa shape index (κ1) is 13.4. The summed E-state index contributed by atoms with van der Waals surface area (Å²) in [6.07, 6.45) is 1.49. The summed E-state index contributed by atoms with van der Waals surface area (Å²) in [5.41, 5.74) is 5.59. The Balaban J connectivity index is 4.03. The molecule has 0 aromatic carbocycles. The zero-order valence-electron chi connectivity index (χ0n) is 10.1. The third kappa shape index (κ3) is 5.22. The van der Waals surface area contributed by atoms with Crippen LogP contribution in [0.5, 0.6) is 0 Å². The van der Waals surface area contributed by atoms with Gasteiger partial charge in [-0.15, -0.1) is 0 Å². The average Bonchev–Trinajstić information content (AvgIpc) is 2.00. The lowest BCUT2D eigenvalue weighted by atomic mass is 10.0. The van der Waals surface area contributed by atoms with Crippen LogP contribution in [0.2, 0.25) is 0 Å².